The lowest BCUT2D eigenvalue weighted by Crippen LogP contribution is -2.52. The maximum Gasteiger partial charge on any atom is 0.236 e. The maximum absolute atomic E-state index is 12.1. The van der Waals surface area contributed by atoms with Gasteiger partial charge in [0, 0.05) is 25.7 Å². The Labute approximate surface area is 116 Å². The van der Waals surface area contributed by atoms with Crippen molar-refractivity contribution in [1.29, 1.82) is 0 Å². The predicted octanol–water partition coefficient (Wildman–Crippen LogP) is 1.09. The minimum Gasteiger partial charge on any atom is -0.342 e. The average molecular weight is 276 g/mol. The smallest absolute Gasteiger partial charge is 0.236 e. The van der Waals surface area contributed by atoms with Gasteiger partial charge in [0.05, 0.1) is 6.54 Å². The van der Waals surface area contributed by atoms with Gasteiger partial charge in [-0.3, -0.25) is 9.69 Å². The van der Waals surface area contributed by atoms with E-state index < -0.39 is 0 Å². The largest absolute Gasteiger partial charge is 0.342 e. The summed E-state index contributed by atoms with van der Waals surface area (Å²) in [6.07, 6.45) is 4.78. The Morgan fingerprint density at radius 3 is 2.50 bits per heavy atom. The number of nitrogens with two attached hydrogens (primary N) is 1. The first-order chi connectivity index (χ1) is 8.22. The van der Waals surface area contributed by atoms with Crippen molar-refractivity contribution in [2.75, 3.05) is 32.7 Å². The van der Waals surface area contributed by atoms with E-state index in [0.29, 0.717) is 31.0 Å². The molecule has 0 aromatic rings. The van der Waals surface area contributed by atoms with Crippen LogP contribution < -0.4 is 5.73 Å². The molecule has 18 heavy (non-hydrogen) atoms. The normalized spacial score (nSPS) is 29.1. The first kappa shape index (κ1) is 15.7. The molecule has 0 saturated carbocycles. The molecule has 0 bridgehead atoms. The van der Waals surface area contributed by atoms with Crippen LogP contribution in [-0.2, 0) is 4.79 Å². The Kier molecular flexibility index (Phi) is 6.39. The summed E-state index contributed by atoms with van der Waals surface area (Å²) in [5.74, 6) is 0.926. The van der Waals surface area contributed by atoms with Crippen molar-refractivity contribution in [2.45, 2.75) is 38.6 Å². The summed E-state index contributed by atoms with van der Waals surface area (Å²) in [6.45, 7) is 6.45. The number of carbonyl (C=O) groups is 1. The zero-order valence-corrected chi connectivity index (χ0v) is 12.1. The molecule has 0 aliphatic carbocycles. The summed E-state index contributed by atoms with van der Waals surface area (Å²) in [4.78, 5) is 16.4. The lowest BCUT2D eigenvalue weighted by Gasteiger charge is -2.39. The van der Waals surface area contributed by atoms with Crippen molar-refractivity contribution < 1.29 is 4.79 Å². The van der Waals surface area contributed by atoms with E-state index in [1.807, 2.05) is 4.90 Å². The standard InChI is InChI=1S/C13H25N3O.ClH/c1-11-5-4-8-16(12(11)9-14)10-13(17)15-6-2-3-7-15;/h11-12H,2-10,14H2,1H3;1H. The third kappa shape index (κ3) is 3.59. The van der Waals surface area contributed by atoms with Crippen LogP contribution in [0.4, 0.5) is 0 Å². The topological polar surface area (TPSA) is 49.6 Å². The predicted molar refractivity (Wildman–Crippen MR) is 75.9 cm³/mol. The second-order valence-electron chi connectivity index (χ2n) is 5.48. The maximum atomic E-state index is 12.1. The number of rotatable bonds is 3. The molecular formula is C13H26ClN3O. The van der Waals surface area contributed by atoms with Crippen molar-refractivity contribution >= 4 is 18.3 Å². The van der Waals surface area contributed by atoms with Gasteiger partial charge in [0.1, 0.15) is 0 Å². The Hall–Kier alpha value is -0.320. The fraction of sp³-hybridized carbons (Fsp3) is 0.923. The van der Waals surface area contributed by atoms with Crippen LogP contribution >= 0.6 is 12.4 Å². The lowest BCUT2D eigenvalue weighted by molar-refractivity contribution is -0.132. The number of hydrogen-bond acceptors (Lipinski definition) is 3. The number of hydrogen-bond donors (Lipinski definition) is 1. The first-order valence-corrected chi connectivity index (χ1v) is 6.94. The molecule has 1 amide bonds. The van der Waals surface area contributed by atoms with E-state index in [9.17, 15) is 4.79 Å². The van der Waals surface area contributed by atoms with E-state index >= 15 is 0 Å². The summed E-state index contributed by atoms with van der Waals surface area (Å²) in [5.41, 5.74) is 5.85. The van der Waals surface area contributed by atoms with E-state index in [4.69, 9.17) is 5.73 Å². The molecule has 2 rings (SSSR count). The molecule has 2 fully saturated rings. The third-order valence-corrected chi connectivity index (χ3v) is 4.27. The number of nitrogens with zero attached hydrogens (tertiary/aromatic N) is 2. The van der Waals surface area contributed by atoms with Gasteiger partial charge >= 0.3 is 0 Å². The van der Waals surface area contributed by atoms with Gasteiger partial charge in [-0.15, -0.1) is 12.4 Å². The Morgan fingerprint density at radius 1 is 1.22 bits per heavy atom. The molecule has 0 radical (unpaired) electrons. The molecule has 0 aromatic heterocycles. The van der Waals surface area contributed by atoms with Gasteiger partial charge in [-0.25, -0.2) is 0 Å². The van der Waals surface area contributed by atoms with Crippen molar-refractivity contribution in [3.05, 3.63) is 0 Å². The third-order valence-electron chi connectivity index (χ3n) is 4.27. The van der Waals surface area contributed by atoms with E-state index in [2.05, 4.69) is 11.8 Å². The van der Waals surface area contributed by atoms with Crippen molar-refractivity contribution in [3.63, 3.8) is 0 Å². The molecule has 106 valence electrons. The summed E-state index contributed by atoms with van der Waals surface area (Å²) >= 11 is 0. The van der Waals surface area contributed by atoms with Gasteiger partial charge < -0.3 is 10.6 Å². The van der Waals surface area contributed by atoms with Crippen LogP contribution in [0, 0.1) is 5.92 Å². The second kappa shape index (κ2) is 7.31. The SMILES string of the molecule is CC1CCCN(CC(=O)N2CCCC2)C1CN.Cl. The van der Waals surface area contributed by atoms with Gasteiger partial charge in [0.2, 0.25) is 5.91 Å². The molecule has 2 heterocycles. The van der Waals surface area contributed by atoms with Gasteiger partial charge in [0.25, 0.3) is 0 Å². The molecule has 0 aromatic carbocycles. The van der Waals surface area contributed by atoms with E-state index in [1.165, 1.54) is 25.7 Å². The van der Waals surface area contributed by atoms with Crippen molar-refractivity contribution in [2.24, 2.45) is 11.7 Å². The highest BCUT2D eigenvalue weighted by Gasteiger charge is 2.30. The van der Waals surface area contributed by atoms with Crippen LogP contribution in [0.5, 0.6) is 0 Å². The second-order valence-corrected chi connectivity index (χ2v) is 5.48. The van der Waals surface area contributed by atoms with Gasteiger partial charge in [-0.05, 0) is 38.1 Å². The zero-order valence-electron chi connectivity index (χ0n) is 11.3. The molecule has 2 atom stereocenters. The molecule has 5 heteroatoms. The van der Waals surface area contributed by atoms with Gasteiger partial charge in [-0.1, -0.05) is 6.92 Å². The molecule has 2 saturated heterocycles. The van der Waals surface area contributed by atoms with E-state index in [1.54, 1.807) is 0 Å². The molecule has 2 unspecified atom stereocenters. The summed E-state index contributed by atoms with van der Waals surface area (Å²) in [5, 5.41) is 0. The first-order valence-electron chi connectivity index (χ1n) is 6.94. The highest BCUT2D eigenvalue weighted by molar-refractivity contribution is 5.85. The fourth-order valence-electron chi connectivity index (χ4n) is 3.15. The Morgan fingerprint density at radius 2 is 1.89 bits per heavy atom. The molecule has 2 aliphatic heterocycles. The average Bonchev–Trinajstić information content (AvgIpc) is 2.82. The molecule has 2 N–H and O–H groups in total. The van der Waals surface area contributed by atoms with Crippen LogP contribution in [0.2, 0.25) is 0 Å². The quantitative estimate of drug-likeness (QED) is 0.839. The summed E-state index contributed by atoms with van der Waals surface area (Å²) < 4.78 is 0. The van der Waals surface area contributed by atoms with Crippen molar-refractivity contribution in [1.82, 2.24) is 9.80 Å². The summed E-state index contributed by atoms with van der Waals surface area (Å²) in [6, 6.07) is 0.398. The lowest BCUT2D eigenvalue weighted by atomic mass is 9.91. The van der Waals surface area contributed by atoms with Crippen LogP contribution in [0.1, 0.15) is 32.6 Å². The summed E-state index contributed by atoms with van der Waals surface area (Å²) in [7, 11) is 0. The monoisotopic (exact) mass is 275 g/mol. The van der Waals surface area contributed by atoms with Gasteiger partial charge in [0.15, 0.2) is 0 Å². The number of carbonyl (C=O) groups excluding carboxylic acids is 1. The minimum absolute atomic E-state index is 0. The number of amides is 1. The minimum atomic E-state index is 0. The molecule has 0 spiro atoms. The Balaban J connectivity index is 0.00000162. The number of halogens is 1. The van der Waals surface area contributed by atoms with Gasteiger partial charge in [-0.2, -0.15) is 0 Å². The number of likely N-dealkylation sites (tertiary alicyclic amines) is 2. The number of piperidine rings is 1. The van der Waals surface area contributed by atoms with Crippen LogP contribution in [0.25, 0.3) is 0 Å². The highest BCUT2D eigenvalue weighted by atomic mass is 35.5. The van der Waals surface area contributed by atoms with Crippen LogP contribution in [0.3, 0.4) is 0 Å². The van der Waals surface area contributed by atoms with Crippen LogP contribution in [-0.4, -0.2) is 54.5 Å². The van der Waals surface area contributed by atoms with Crippen LogP contribution in [0.15, 0.2) is 0 Å². The molecule has 2 aliphatic rings. The highest BCUT2D eigenvalue weighted by Crippen LogP contribution is 2.22. The fourth-order valence-corrected chi connectivity index (χ4v) is 3.15. The van der Waals surface area contributed by atoms with E-state index in [-0.39, 0.29) is 12.4 Å². The molecular weight excluding hydrogens is 250 g/mol. The van der Waals surface area contributed by atoms with E-state index in [0.717, 1.165) is 19.6 Å². The van der Waals surface area contributed by atoms with Crippen molar-refractivity contribution in [3.8, 4) is 0 Å². The zero-order chi connectivity index (χ0) is 12.3. The Bertz CT molecular complexity index is 269. The molecule has 4 nitrogen and oxygen atoms in total.